The molecule has 0 radical (unpaired) electrons. The number of carbonyl (C=O) groups is 1. The van der Waals surface area contributed by atoms with Gasteiger partial charge in [-0.25, -0.2) is 4.39 Å². The second-order valence-electron chi connectivity index (χ2n) is 9.93. The summed E-state index contributed by atoms with van der Waals surface area (Å²) in [5.74, 6) is -0.0697. The maximum Gasteiger partial charge on any atom is 0.250 e. The molecule has 3 saturated heterocycles. The molecule has 6 heteroatoms. The summed E-state index contributed by atoms with van der Waals surface area (Å²) in [6.07, 6.45) is 1.67. The summed E-state index contributed by atoms with van der Waals surface area (Å²) in [7, 11) is 0. The quantitative estimate of drug-likeness (QED) is 0.533. The van der Waals surface area contributed by atoms with Crippen LogP contribution in [-0.4, -0.2) is 60.3 Å². The van der Waals surface area contributed by atoms with E-state index in [4.69, 9.17) is 4.74 Å². The first-order valence-electron chi connectivity index (χ1n) is 12.2. The summed E-state index contributed by atoms with van der Waals surface area (Å²) in [6, 6.07) is 19.6. The number of piperidine rings is 1. The topological polar surface area (TPSA) is 39.3 Å². The summed E-state index contributed by atoms with van der Waals surface area (Å²) in [5.41, 5.74) is 2.98. The van der Waals surface area contributed by atoms with Crippen LogP contribution in [0.25, 0.3) is 10.8 Å². The van der Waals surface area contributed by atoms with Crippen LogP contribution in [0, 0.1) is 12.7 Å². The first-order valence-corrected chi connectivity index (χ1v) is 12.2. The Hall–Kier alpha value is -2.96. The van der Waals surface area contributed by atoms with Crippen molar-refractivity contribution in [2.45, 2.75) is 38.0 Å². The van der Waals surface area contributed by atoms with Crippen LogP contribution in [0.3, 0.4) is 0 Å². The second-order valence-corrected chi connectivity index (χ2v) is 9.93. The molecule has 6 rings (SSSR count). The molecule has 1 spiro atoms. The van der Waals surface area contributed by atoms with Crippen molar-refractivity contribution in [2.24, 2.45) is 0 Å². The number of rotatable bonds is 5. The predicted molar refractivity (Wildman–Crippen MR) is 131 cm³/mol. The number of fused-ring (bicyclic) bond motifs is 1. The minimum Gasteiger partial charge on any atom is -0.371 e. The highest BCUT2D eigenvalue weighted by Gasteiger charge is 2.54. The van der Waals surface area contributed by atoms with E-state index in [-0.39, 0.29) is 17.8 Å². The largest absolute Gasteiger partial charge is 0.371 e. The molecule has 3 aliphatic rings. The highest BCUT2D eigenvalue weighted by Crippen LogP contribution is 2.40. The summed E-state index contributed by atoms with van der Waals surface area (Å²) in [5, 5.41) is 2.61. The Morgan fingerprint density at radius 2 is 1.74 bits per heavy atom. The smallest absolute Gasteiger partial charge is 0.250 e. The first kappa shape index (κ1) is 21.6. The number of aryl methyl sites for hydroxylation is 1. The fourth-order valence-electron chi connectivity index (χ4n) is 5.85. The first-order chi connectivity index (χ1) is 16.5. The van der Waals surface area contributed by atoms with Crippen LogP contribution < -0.4 is 4.90 Å². The molecular formula is C28H30FN3O2. The van der Waals surface area contributed by atoms with E-state index in [2.05, 4.69) is 53.1 Å². The van der Waals surface area contributed by atoms with E-state index in [0.717, 1.165) is 44.8 Å². The Bertz CT molecular complexity index is 1210. The number of ether oxygens (including phenoxy) is 1. The van der Waals surface area contributed by atoms with Gasteiger partial charge in [0.05, 0.1) is 25.9 Å². The zero-order chi connectivity index (χ0) is 23.3. The molecule has 3 aliphatic heterocycles. The summed E-state index contributed by atoms with van der Waals surface area (Å²) in [4.78, 5) is 20.3. The van der Waals surface area contributed by atoms with Gasteiger partial charge in [-0.15, -0.1) is 0 Å². The van der Waals surface area contributed by atoms with Gasteiger partial charge in [-0.3, -0.25) is 9.69 Å². The number of carbonyl (C=O) groups excluding carboxylic acids is 1. The van der Waals surface area contributed by atoms with Gasteiger partial charge in [-0.2, -0.15) is 0 Å². The Kier molecular flexibility index (Phi) is 5.30. The monoisotopic (exact) mass is 459 g/mol. The molecule has 0 aliphatic carbocycles. The molecular weight excluding hydrogens is 429 g/mol. The minimum absolute atomic E-state index is 0.156. The lowest BCUT2D eigenvalue weighted by Crippen LogP contribution is -2.56. The maximum atomic E-state index is 13.7. The predicted octanol–water partition coefficient (Wildman–Crippen LogP) is 4.33. The molecule has 1 atom stereocenters. The number of anilines is 1. The van der Waals surface area contributed by atoms with Gasteiger partial charge in [-0.1, -0.05) is 36.4 Å². The molecule has 176 valence electrons. The Morgan fingerprint density at radius 1 is 1.03 bits per heavy atom. The van der Waals surface area contributed by atoms with Crippen LogP contribution >= 0.6 is 0 Å². The van der Waals surface area contributed by atoms with Gasteiger partial charge in [0.2, 0.25) is 5.91 Å². The maximum absolute atomic E-state index is 13.7. The molecule has 3 fully saturated rings. The van der Waals surface area contributed by atoms with Crippen molar-refractivity contribution >= 4 is 22.4 Å². The van der Waals surface area contributed by atoms with Gasteiger partial charge < -0.3 is 14.5 Å². The van der Waals surface area contributed by atoms with E-state index < -0.39 is 5.54 Å². The van der Waals surface area contributed by atoms with Crippen LogP contribution in [-0.2, 0) is 16.1 Å². The van der Waals surface area contributed by atoms with E-state index in [9.17, 15) is 9.18 Å². The van der Waals surface area contributed by atoms with Crippen LogP contribution in [0.4, 0.5) is 10.1 Å². The summed E-state index contributed by atoms with van der Waals surface area (Å²) >= 11 is 0. The average molecular weight is 460 g/mol. The SMILES string of the molecule is Cc1cccc2cccc(CN3CCC4(CC3)C(=O)N(CC3CO3)CN4c3ccc(F)cc3)c12. The van der Waals surface area contributed by atoms with Crippen molar-refractivity contribution < 1.29 is 13.9 Å². The van der Waals surface area contributed by atoms with Crippen molar-refractivity contribution in [3.05, 3.63) is 77.6 Å². The molecule has 0 saturated carbocycles. The number of benzene rings is 3. The molecule has 0 aromatic heterocycles. The van der Waals surface area contributed by atoms with Crippen molar-refractivity contribution in [2.75, 3.05) is 37.8 Å². The van der Waals surface area contributed by atoms with E-state index in [1.807, 2.05) is 4.90 Å². The van der Waals surface area contributed by atoms with Crippen LogP contribution in [0.2, 0.25) is 0 Å². The molecule has 3 heterocycles. The van der Waals surface area contributed by atoms with E-state index in [1.165, 1.54) is 34.0 Å². The third kappa shape index (κ3) is 3.75. The second kappa shape index (κ2) is 8.36. The summed E-state index contributed by atoms with van der Waals surface area (Å²) < 4.78 is 19.0. The number of hydrogen-bond donors (Lipinski definition) is 0. The van der Waals surface area contributed by atoms with Crippen molar-refractivity contribution in [1.29, 1.82) is 0 Å². The molecule has 0 bridgehead atoms. The number of likely N-dealkylation sites (tertiary alicyclic amines) is 1. The Morgan fingerprint density at radius 3 is 2.44 bits per heavy atom. The highest BCUT2D eigenvalue weighted by molar-refractivity contribution is 5.93. The molecule has 1 amide bonds. The number of amides is 1. The number of epoxide rings is 1. The fraction of sp³-hybridized carbons (Fsp3) is 0.393. The molecule has 5 nitrogen and oxygen atoms in total. The molecule has 3 aromatic carbocycles. The third-order valence-electron chi connectivity index (χ3n) is 7.76. The minimum atomic E-state index is -0.572. The standard InChI is InChI=1S/C28H30FN3O2/c1-20-4-2-5-21-6-3-7-22(26(20)21)16-30-14-12-28(13-15-30)27(33)31(17-25-18-34-25)19-32(28)24-10-8-23(29)9-11-24/h2-11,25H,12-19H2,1H3. The lowest BCUT2D eigenvalue weighted by Gasteiger charge is -2.43. The molecule has 0 N–H and O–H groups in total. The van der Waals surface area contributed by atoms with E-state index >= 15 is 0 Å². The van der Waals surface area contributed by atoms with Gasteiger partial charge in [0, 0.05) is 25.3 Å². The van der Waals surface area contributed by atoms with Crippen molar-refractivity contribution in [1.82, 2.24) is 9.80 Å². The lowest BCUT2D eigenvalue weighted by atomic mass is 9.85. The number of halogens is 1. The van der Waals surface area contributed by atoms with E-state index in [1.54, 1.807) is 12.1 Å². The van der Waals surface area contributed by atoms with Gasteiger partial charge in [0.15, 0.2) is 0 Å². The van der Waals surface area contributed by atoms with E-state index in [0.29, 0.717) is 13.2 Å². The van der Waals surface area contributed by atoms with Gasteiger partial charge in [-0.05, 0) is 65.9 Å². The Balaban J connectivity index is 1.24. The highest BCUT2D eigenvalue weighted by atomic mass is 19.1. The van der Waals surface area contributed by atoms with Gasteiger partial charge >= 0.3 is 0 Å². The normalized spacial score (nSPS) is 22.2. The zero-order valence-electron chi connectivity index (χ0n) is 19.5. The van der Waals surface area contributed by atoms with Crippen LogP contribution in [0.15, 0.2) is 60.7 Å². The summed E-state index contributed by atoms with van der Waals surface area (Å²) in [6.45, 7) is 6.64. The van der Waals surface area contributed by atoms with Crippen molar-refractivity contribution in [3.8, 4) is 0 Å². The zero-order valence-corrected chi connectivity index (χ0v) is 19.5. The molecule has 34 heavy (non-hydrogen) atoms. The average Bonchev–Trinajstić information content (AvgIpc) is 3.63. The third-order valence-corrected chi connectivity index (χ3v) is 7.76. The van der Waals surface area contributed by atoms with Crippen LogP contribution in [0.1, 0.15) is 24.0 Å². The lowest BCUT2D eigenvalue weighted by molar-refractivity contribution is -0.133. The number of nitrogens with zero attached hydrogens (tertiary/aromatic N) is 3. The van der Waals surface area contributed by atoms with Crippen LogP contribution in [0.5, 0.6) is 0 Å². The number of hydrogen-bond acceptors (Lipinski definition) is 4. The van der Waals surface area contributed by atoms with Crippen molar-refractivity contribution in [3.63, 3.8) is 0 Å². The fourth-order valence-corrected chi connectivity index (χ4v) is 5.85. The Labute approximate surface area is 199 Å². The van der Waals surface area contributed by atoms with Gasteiger partial charge in [0.25, 0.3) is 0 Å². The molecule has 3 aromatic rings. The van der Waals surface area contributed by atoms with Gasteiger partial charge in [0.1, 0.15) is 11.4 Å². The molecule has 1 unspecified atom stereocenters.